The Labute approximate surface area is 119 Å². The molecule has 0 bridgehead atoms. The highest BCUT2D eigenvalue weighted by molar-refractivity contribution is 5.78. The van der Waals surface area contributed by atoms with Crippen LogP contribution in [0.4, 0.5) is 4.79 Å². The number of carboxylic acid groups (broad SMARTS) is 1. The number of nitrogens with one attached hydrogen (secondary N) is 2. The van der Waals surface area contributed by atoms with Gasteiger partial charge in [-0.2, -0.15) is 0 Å². The Bertz CT molecular complexity index is 350. The molecule has 0 radical (unpaired) electrons. The van der Waals surface area contributed by atoms with Gasteiger partial charge in [-0.3, -0.25) is 9.59 Å². The van der Waals surface area contributed by atoms with Crippen LogP contribution in [0.3, 0.4) is 0 Å². The van der Waals surface area contributed by atoms with Gasteiger partial charge >= 0.3 is 12.0 Å². The molecule has 7 nitrogen and oxygen atoms in total. The summed E-state index contributed by atoms with van der Waals surface area (Å²) in [6, 6.07) is -0.358. The van der Waals surface area contributed by atoms with Gasteiger partial charge in [-0.1, -0.05) is 0 Å². The predicted octanol–water partition coefficient (Wildman–Crippen LogP) is 0.797. The second-order valence-corrected chi connectivity index (χ2v) is 5.40. The van der Waals surface area contributed by atoms with Gasteiger partial charge in [0.2, 0.25) is 5.91 Å². The van der Waals surface area contributed by atoms with E-state index in [9.17, 15) is 14.4 Å². The molecule has 0 aliphatic rings. The van der Waals surface area contributed by atoms with Crippen molar-refractivity contribution in [3.8, 4) is 0 Å². The second kappa shape index (κ2) is 8.39. The monoisotopic (exact) mass is 287 g/mol. The van der Waals surface area contributed by atoms with Crippen molar-refractivity contribution in [2.75, 3.05) is 19.6 Å². The first-order chi connectivity index (χ1) is 9.18. The average molecular weight is 287 g/mol. The summed E-state index contributed by atoms with van der Waals surface area (Å²) in [5, 5.41) is 14.0. The Balaban J connectivity index is 4.35. The largest absolute Gasteiger partial charge is 0.481 e. The molecule has 0 fully saturated rings. The van der Waals surface area contributed by atoms with Gasteiger partial charge in [0, 0.05) is 31.6 Å². The second-order valence-electron chi connectivity index (χ2n) is 5.40. The van der Waals surface area contributed by atoms with Gasteiger partial charge in [0.15, 0.2) is 0 Å². The van der Waals surface area contributed by atoms with Gasteiger partial charge in [0.1, 0.15) is 0 Å². The van der Waals surface area contributed by atoms with Gasteiger partial charge in [-0.05, 0) is 27.7 Å². The number of nitrogens with zero attached hydrogens (tertiary/aromatic N) is 1. The number of hydrogen-bond donors (Lipinski definition) is 3. The minimum absolute atomic E-state index is 0.110. The number of carbonyl (C=O) groups is 3. The molecule has 7 heteroatoms. The first-order valence-electron chi connectivity index (χ1n) is 6.72. The topological polar surface area (TPSA) is 98.7 Å². The van der Waals surface area contributed by atoms with Crippen molar-refractivity contribution < 1.29 is 19.5 Å². The third kappa shape index (κ3) is 7.60. The lowest BCUT2D eigenvalue weighted by atomic mass is 10.1. The van der Waals surface area contributed by atoms with Crippen LogP contribution < -0.4 is 10.6 Å². The summed E-state index contributed by atoms with van der Waals surface area (Å²) in [5.41, 5.74) is -0.481. The van der Waals surface area contributed by atoms with Crippen LogP contribution in [0.5, 0.6) is 0 Å². The first kappa shape index (κ1) is 18.2. The molecule has 0 saturated carbocycles. The SMILES string of the molecule is CCNC(=O)CCNC(=O)N(CCC(=O)O)C(C)(C)C. The first-order valence-corrected chi connectivity index (χ1v) is 6.72. The van der Waals surface area contributed by atoms with E-state index in [1.165, 1.54) is 4.90 Å². The average Bonchev–Trinajstić information content (AvgIpc) is 2.27. The lowest BCUT2D eigenvalue weighted by Gasteiger charge is -2.35. The maximum Gasteiger partial charge on any atom is 0.317 e. The molecular formula is C13H25N3O4. The summed E-state index contributed by atoms with van der Waals surface area (Å²) in [6.07, 6.45) is 0.0947. The molecule has 0 aliphatic heterocycles. The van der Waals surface area contributed by atoms with E-state index >= 15 is 0 Å². The fourth-order valence-corrected chi connectivity index (χ4v) is 1.61. The van der Waals surface area contributed by atoms with Crippen LogP contribution in [0.2, 0.25) is 0 Å². The molecule has 0 unspecified atom stereocenters. The number of aliphatic carboxylic acids is 1. The number of carboxylic acids is 1. The van der Waals surface area contributed by atoms with Gasteiger partial charge in [-0.15, -0.1) is 0 Å². The number of carbonyl (C=O) groups excluding carboxylic acids is 2. The number of urea groups is 1. The summed E-state index contributed by atoms with van der Waals surface area (Å²) >= 11 is 0. The zero-order valence-electron chi connectivity index (χ0n) is 12.7. The Morgan fingerprint density at radius 2 is 1.70 bits per heavy atom. The number of amides is 3. The molecule has 0 rings (SSSR count). The fraction of sp³-hybridized carbons (Fsp3) is 0.769. The molecule has 0 aliphatic carbocycles. The maximum atomic E-state index is 12.0. The lowest BCUT2D eigenvalue weighted by Crippen LogP contribution is -2.51. The molecule has 0 aromatic heterocycles. The van der Waals surface area contributed by atoms with Crippen molar-refractivity contribution in [1.29, 1.82) is 0 Å². The van der Waals surface area contributed by atoms with E-state index in [0.717, 1.165) is 0 Å². The summed E-state index contributed by atoms with van der Waals surface area (Å²) < 4.78 is 0. The molecule has 0 atom stereocenters. The standard InChI is InChI=1S/C13H25N3O4/c1-5-14-10(17)6-8-15-12(20)16(13(2,3)4)9-7-11(18)19/h5-9H2,1-4H3,(H,14,17)(H,15,20)(H,18,19). The molecule has 0 aromatic rings. The van der Waals surface area contributed by atoms with Crippen LogP contribution in [-0.2, 0) is 9.59 Å². The molecule has 3 amide bonds. The summed E-state index contributed by atoms with van der Waals surface area (Å²) in [4.78, 5) is 35.4. The van der Waals surface area contributed by atoms with Gasteiger partial charge in [0.25, 0.3) is 0 Å². The highest BCUT2D eigenvalue weighted by atomic mass is 16.4. The van der Waals surface area contributed by atoms with Crippen molar-refractivity contribution in [1.82, 2.24) is 15.5 Å². The van der Waals surface area contributed by atoms with Crippen LogP contribution in [0.1, 0.15) is 40.5 Å². The van der Waals surface area contributed by atoms with Crippen molar-refractivity contribution in [2.45, 2.75) is 46.1 Å². The highest BCUT2D eigenvalue weighted by Crippen LogP contribution is 2.13. The summed E-state index contributed by atoms with van der Waals surface area (Å²) in [6.45, 7) is 8.23. The van der Waals surface area contributed by atoms with E-state index < -0.39 is 11.5 Å². The quantitative estimate of drug-likeness (QED) is 0.645. The molecule has 0 saturated heterocycles. The van der Waals surface area contributed by atoms with E-state index in [4.69, 9.17) is 5.11 Å². The Morgan fingerprint density at radius 3 is 2.15 bits per heavy atom. The third-order valence-corrected chi connectivity index (χ3v) is 2.61. The Morgan fingerprint density at radius 1 is 1.10 bits per heavy atom. The van der Waals surface area contributed by atoms with E-state index in [1.807, 2.05) is 27.7 Å². The Hall–Kier alpha value is -1.79. The third-order valence-electron chi connectivity index (χ3n) is 2.61. The van der Waals surface area contributed by atoms with E-state index in [1.54, 1.807) is 0 Å². The molecule has 20 heavy (non-hydrogen) atoms. The minimum Gasteiger partial charge on any atom is -0.481 e. The normalized spacial score (nSPS) is 10.8. The fourth-order valence-electron chi connectivity index (χ4n) is 1.61. The highest BCUT2D eigenvalue weighted by Gasteiger charge is 2.26. The molecule has 0 heterocycles. The van der Waals surface area contributed by atoms with Crippen molar-refractivity contribution >= 4 is 17.9 Å². The van der Waals surface area contributed by atoms with Crippen LogP contribution >= 0.6 is 0 Å². The van der Waals surface area contributed by atoms with E-state index in [0.29, 0.717) is 6.54 Å². The number of hydrogen-bond acceptors (Lipinski definition) is 3. The van der Waals surface area contributed by atoms with Crippen LogP contribution in [0, 0.1) is 0 Å². The summed E-state index contributed by atoms with van der Waals surface area (Å²) in [7, 11) is 0. The van der Waals surface area contributed by atoms with Crippen LogP contribution in [0.15, 0.2) is 0 Å². The van der Waals surface area contributed by atoms with Crippen molar-refractivity contribution in [2.24, 2.45) is 0 Å². The Kier molecular flexibility index (Phi) is 7.64. The van der Waals surface area contributed by atoms with Crippen molar-refractivity contribution in [3.63, 3.8) is 0 Å². The maximum absolute atomic E-state index is 12.0. The lowest BCUT2D eigenvalue weighted by molar-refractivity contribution is -0.137. The molecule has 3 N–H and O–H groups in total. The van der Waals surface area contributed by atoms with Gasteiger partial charge < -0.3 is 20.6 Å². The van der Waals surface area contributed by atoms with Crippen molar-refractivity contribution in [3.05, 3.63) is 0 Å². The smallest absolute Gasteiger partial charge is 0.317 e. The predicted molar refractivity (Wildman–Crippen MR) is 75.4 cm³/mol. The van der Waals surface area contributed by atoms with Gasteiger partial charge in [0.05, 0.1) is 6.42 Å². The molecular weight excluding hydrogens is 262 g/mol. The zero-order chi connectivity index (χ0) is 15.8. The van der Waals surface area contributed by atoms with Crippen LogP contribution in [-0.4, -0.2) is 53.1 Å². The minimum atomic E-state index is -0.950. The number of rotatable bonds is 7. The molecule has 0 aromatic carbocycles. The van der Waals surface area contributed by atoms with Gasteiger partial charge in [-0.25, -0.2) is 4.79 Å². The van der Waals surface area contributed by atoms with E-state index in [-0.39, 0.29) is 37.9 Å². The van der Waals surface area contributed by atoms with E-state index in [2.05, 4.69) is 10.6 Å². The van der Waals surface area contributed by atoms with Crippen LogP contribution in [0.25, 0.3) is 0 Å². The summed E-state index contributed by atoms with van der Waals surface area (Å²) in [5.74, 6) is -1.07. The molecule has 0 spiro atoms. The molecule has 116 valence electrons. The zero-order valence-corrected chi connectivity index (χ0v) is 12.7.